The second-order valence-corrected chi connectivity index (χ2v) is 9.66. The van der Waals surface area contributed by atoms with Crippen LogP contribution in [0.15, 0.2) is 0 Å². The first-order valence-corrected chi connectivity index (χ1v) is 10.9. The maximum absolute atomic E-state index is 12.4. The third kappa shape index (κ3) is 8.87. The summed E-state index contributed by atoms with van der Waals surface area (Å²) in [5.41, 5.74) is -0.496. The first-order valence-electron chi connectivity index (χ1n) is 9.24. The predicted octanol–water partition coefficient (Wildman–Crippen LogP) is 2.08. The van der Waals surface area contributed by atoms with Gasteiger partial charge in [0.15, 0.2) is 0 Å². The van der Waals surface area contributed by atoms with Gasteiger partial charge in [0.05, 0.1) is 5.75 Å². The average molecular weight is 378 g/mol. The molecule has 2 N–H and O–H groups in total. The van der Waals surface area contributed by atoms with Gasteiger partial charge in [-0.15, -0.1) is 0 Å². The smallest absolute Gasteiger partial charge is 0.410 e. The number of likely N-dealkylation sites (tertiary alicyclic amines) is 1. The van der Waals surface area contributed by atoms with E-state index in [4.69, 9.17) is 4.74 Å². The molecule has 0 aliphatic carbocycles. The van der Waals surface area contributed by atoms with Crippen LogP contribution in [0, 0.1) is 0 Å². The van der Waals surface area contributed by atoms with E-state index in [0.717, 1.165) is 32.2 Å². The van der Waals surface area contributed by atoms with Crippen LogP contribution >= 0.6 is 0 Å². The van der Waals surface area contributed by atoms with Crippen LogP contribution in [0.4, 0.5) is 4.79 Å². The van der Waals surface area contributed by atoms with Crippen molar-refractivity contribution in [3.05, 3.63) is 0 Å². The lowest BCUT2D eigenvalue weighted by atomic mass is 9.97. The first kappa shape index (κ1) is 22.2. The molecule has 0 aromatic carbocycles. The second kappa shape index (κ2) is 9.73. The van der Waals surface area contributed by atoms with Crippen LogP contribution in [0.3, 0.4) is 0 Å². The molecule has 1 fully saturated rings. The molecule has 1 amide bonds. The molecular formula is C17H35N3O4S. The number of piperidine rings is 1. The molecule has 0 aromatic rings. The monoisotopic (exact) mass is 377 g/mol. The van der Waals surface area contributed by atoms with Crippen molar-refractivity contribution in [2.75, 3.05) is 25.4 Å². The summed E-state index contributed by atoms with van der Waals surface area (Å²) in [6.07, 6.45) is 3.60. The Kier molecular flexibility index (Phi) is 8.63. The fraction of sp³-hybridized carbons (Fsp3) is 0.941. The SMILES string of the molecule is CCNS(=O)(=O)CCNC(C)CC1CCCCN1C(=O)OC(C)(C)C. The molecule has 7 nitrogen and oxygen atoms in total. The van der Waals surface area contributed by atoms with E-state index in [0.29, 0.717) is 13.1 Å². The Morgan fingerprint density at radius 2 is 2.00 bits per heavy atom. The van der Waals surface area contributed by atoms with Crippen LogP contribution in [-0.4, -0.2) is 62.5 Å². The van der Waals surface area contributed by atoms with E-state index in [1.807, 2.05) is 32.6 Å². The molecule has 0 bridgehead atoms. The molecule has 1 rings (SSSR count). The van der Waals surface area contributed by atoms with Crippen molar-refractivity contribution in [3.8, 4) is 0 Å². The Labute approximate surface area is 152 Å². The summed E-state index contributed by atoms with van der Waals surface area (Å²) in [4.78, 5) is 14.3. The average Bonchev–Trinajstić information content (AvgIpc) is 2.45. The van der Waals surface area contributed by atoms with Gasteiger partial charge in [-0.25, -0.2) is 17.9 Å². The highest BCUT2D eigenvalue weighted by Gasteiger charge is 2.31. The molecule has 25 heavy (non-hydrogen) atoms. The summed E-state index contributed by atoms with van der Waals surface area (Å²) in [5.74, 6) is 0.0611. The van der Waals surface area contributed by atoms with Crippen molar-refractivity contribution in [3.63, 3.8) is 0 Å². The van der Waals surface area contributed by atoms with Crippen LogP contribution in [0.5, 0.6) is 0 Å². The molecular weight excluding hydrogens is 342 g/mol. The molecule has 148 valence electrons. The Hall–Kier alpha value is -0.860. The minimum absolute atomic E-state index is 0.0611. The normalized spacial score (nSPS) is 20.4. The number of carbonyl (C=O) groups is 1. The predicted molar refractivity (Wildman–Crippen MR) is 100 cm³/mol. The zero-order valence-electron chi connectivity index (χ0n) is 16.3. The maximum atomic E-state index is 12.4. The van der Waals surface area contributed by atoms with Gasteiger partial charge >= 0.3 is 6.09 Å². The highest BCUT2D eigenvalue weighted by atomic mass is 32.2. The molecule has 8 heteroatoms. The minimum Gasteiger partial charge on any atom is -0.444 e. The number of hydrogen-bond acceptors (Lipinski definition) is 5. The van der Waals surface area contributed by atoms with Crippen molar-refractivity contribution in [2.24, 2.45) is 0 Å². The van der Waals surface area contributed by atoms with Crippen LogP contribution in [0.1, 0.15) is 60.3 Å². The molecule has 1 saturated heterocycles. The Morgan fingerprint density at radius 3 is 2.60 bits per heavy atom. The lowest BCUT2D eigenvalue weighted by molar-refractivity contribution is 0.00794. The zero-order valence-corrected chi connectivity index (χ0v) is 17.1. The van der Waals surface area contributed by atoms with Crippen LogP contribution in [0.25, 0.3) is 0 Å². The van der Waals surface area contributed by atoms with Crippen LogP contribution in [-0.2, 0) is 14.8 Å². The highest BCUT2D eigenvalue weighted by Crippen LogP contribution is 2.23. The zero-order chi connectivity index (χ0) is 19.1. The summed E-state index contributed by atoms with van der Waals surface area (Å²) in [6.45, 7) is 10.9. The minimum atomic E-state index is -3.20. The van der Waals surface area contributed by atoms with Crippen LogP contribution in [0.2, 0.25) is 0 Å². The number of nitrogens with one attached hydrogen (secondary N) is 2. The number of rotatable bonds is 8. The number of nitrogens with zero attached hydrogens (tertiary/aromatic N) is 1. The summed E-state index contributed by atoms with van der Waals surface area (Å²) in [6, 6.07) is 0.265. The van der Waals surface area contributed by atoms with Crippen LogP contribution < -0.4 is 10.0 Å². The fourth-order valence-corrected chi connectivity index (χ4v) is 4.00. The molecule has 0 spiro atoms. The second-order valence-electron chi connectivity index (χ2n) is 7.73. The number of amides is 1. The van der Waals surface area contributed by atoms with Gasteiger partial charge in [-0.3, -0.25) is 0 Å². The summed E-state index contributed by atoms with van der Waals surface area (Å²) >= 11 is 0. The Balaban J connectivity index is 2.49. The molecule has 0 saturated carbocycles. The van der Waals surface area contributed by atoms with Gasteiger partial charge in [-0.1, -0.05) is 6.92 Å². The molecule has 2 unspecified atom stereocenters. The number of carbonyl (C=O) groups excluding carboxylic acids is 1. The lowest BCUT2D eigenvalue weighted by Gasteiger charge is -2.38. The van der Waals surface area contributed by atoms with Gasteiger partial charge in [-0.05, 0) is 53.4 Å². The molecule has 0 radical (unpaired) electrons. The fourth-order valence-electron chi connectivity index (χ4n) is 3.03. The van der Waals surface area contributed by atoms with Gasteiger partial charge in [0.1, 0.15) is 5.60 Å². The van der Waals surface area contributed by atoms with Gasteiger partial charge in [0.2, 0.25) is 10.0 Å². The number of hydrogen-bond donors (Lipinski definition) is 2. The van der Waals surface area contributed by atoms with Crippen molar-refractivity contribution in [1.29, 1.82) is 0 Å². The van der Waals surface area contributed by atoms with E-state index in [1.165, 1.54) is 0 Å². The third-order valence-corrected chi connectivity index (χ3v) is 5.58. The third-order valence-electron chi connectivity index (χ3n) is 4.11. The topological polar surface area (TPSA) is 87.7 Å². The summed E-state index contributed by atoms with van der Waals surface area (Å²) in [7, 11) is -3.20. The number of ether oxygens (including phenoxy) is 1. The maximum Gasteiger partial charge on any atom is 0.410 e. The van der Waals surface area contributed by atoms with Gasteiger partial charge < -0.3 is 15.0 Å². The highest BCUT2D eigenvalue weighted by molar-refractivity contribution is 7.89. The van der Waals surface area contributed by atoms with Gasteiger partial charge in [0, 0.05) is 31.7 Å². The van der Waals surface area contributed by atoms with E-state index >= 15 is 0 Å². The molecule has 1 aliphatic rings. The molecule has 0 aromatic heterocycles. The van der Waals surface area contributed by atoms with Gasteiger partial charge in [0.25, 0.3) is 0 Å². The van der Waals surface area contributed by atoms with E-state index in [-0.39, 0.29) is 23.9 Å². The molecule has 1 heterocycles. The largest absolute Gasteiger partial charge is 0.444 e. The van der Waals surface area contributed by atoms with E-state index in [9.17, 15) is 13.2 Å². The molecule has 1 aliphatic heterocycles. The van der Waals surface area contributed by atoms with Crippen molar-refractivity contribution in [2.45, 2.75) is 78.0 Å². The van der Waals surface area contributed by atoms with E-state index < -0.39 is 15.6 Å². The Bertz CT molecular complexity index is 516. The van der Waals surface area contributed by atoms with Crippen molar-refractivity contribution in [1.82, 2.24) is 14.9 Å². The quantitative estimate of drug-likeness (QED) is 0.676. The van der Waals surface area contributed by atoms with Crippen molar-refractivity contribution < 1.29 is 17.9 Å². The number of sulfonamides is 1. The van der Waals surface area contributed by atoms with Gasteiger partial charge in [-0.2, -0.15) is 0 Å². The lowest BCUT2D eigenvalue weighted by Crippen LogP contribution is -2.48. The van der Waals surface area contributed by atoms with E-state index in [2.05, 4.69) is 10.0 Å². The Morgan fingerprint density at radius 1 is 1.32 bits per heavy atom. The van der Waals surface area contributed by atoms with E-state index in [1.54, 1.807) is 6.92 Å². The summed E-state index contributed by atoms with van der Waals surface area (Å²) in [5, 5.41) is 3.25. The summed E-state index contributed by atoms with van der Waals surface area (Å²) < 4.78 is 31.3. The first-order chi connectivity index (χ1) is 11.5. The van der Waals surface area contributed by atoms with Crippen molar-refractivity contribution >= 4 is 16.1 Å². The molecule has 2 atom stereocenters. The standard InChI is InChI=1S/C17H35N3O4S/c1-6-19-25(22,23)12-10-18-14(2)13-15-9-7-8-11-20(15)16(21)24-17(3,4)5/h14-15,18-19H,6-13H2,1-5H3.